The lowest BCUT2D eigenvalue weighted by Crippen LogP contribution is -2.58. The average Bonchev–Trinajstić information content (AvgIpc) is 3.39. The summed E-state index contributed by atoms with van der Waals surface area (Å²) in [5.41, 5.74) is 14.7. The molecule has 14 heteroatoms. The van der Waals surface area contributed by atoms with Gasteiger partial charge in [0.05, 0.1) is 24.4 Å². The van der Waals surface area contributed by atoms with Gasteiger partial charge in [0.2, 0.25) is 0 Å². The van der Waals surface area contributed by atoms with Crippen LogP contribution >= 0.6 is 21.6 Å². The van der Waals surface area contributed by atoms with Gasteiger partial charge in [-0.2, -0.15) is 0 Å². The van der Waals surface area contributed by atoms with Gasteiger partial charge in [-0.15, -0.1) is 0 Å². The van der Waals surface area contributed by atoms with Gasteiger partial charge in [0, 0.05) is 102 Å². The summed E-state index contributed by atoms with van der Waals surface area (Å²) < 4.78 is 7.00. The molecule has 1 aromatic heterocycles. The van der Waals surface area contributed by atoms with Gasteiger partial charge in [-0.3, -0.25) is 0 Å². The minimum atomic E-state index is -1.08. The molecule has 7 aliphatic rings. The van der Waals surface area contributed by atoms with E-state index in [9.17, 15) is 35.7 Å². The van der Waals surface area contributed by atoms with E-state index in [1.54, 1.807) is 28.5 Å². The number of ether oxygens (including phenoxy) is 1. The van der Waals surface area contributed by atoms with Crippen molar-refractivity contribution in [3.8, 4) is 23.3 Å². The number of aliphatic hydroxyl groups excluding tert-OH is 6. The molecule has 12 nitrogen and oxygen atoms in total. The number of hydrogen-bond acceptors (Lipinski definition) is 13. The van der Waals surface area contributed by atoms with Crippen molar-refractivity contribution in [2.24, 2.45) is 64.4 Å². The fourth-order valence-corrected chi connectivity index (χ4v) is 18.3. The summed E-state index contributed by atoms with van der Waals surface area (Å²) >= 11 is 0. The summed E-state index contributed by atoms with van der Waals surface area (Å²) in [5, 5.41) is 90.4. The Morgan fingerprint density at radius 3 is 2.46 bits per heavy atom. The number of aromatic hydroxyl groups is 1. The zero-order valence-corrected chi connectivity index (χ0v) is 48.5. The molecule has 18 atom stereocenters. The van der Waals surface area contributed by atoms with E-state index >= 15 is 0 Å². The molecule has 2 aliphatic heterocycles. The summed E-state index contributed by atoms with van der Waals surface area (Å²) in [7, 11) is 3.25. The van der Waals surface area contributed by atoms with Crippen molar-refractivity contribution >= 4 is 21.6 Å². The van der Waals surface area contributed by atoms with Crippen molar-refractivity contribution in [1.29, 1.82) is 0 Å². The summed E-state index contributed by atoms with van der Waals surface area (Å²) in [6.45, 7) is 4.62. The SMILES string of the molecule is CC[C@H]1Cc2cc(O)c(O[C@H]3C[C@@H](Cc4ccc[nH]4)C4=CCNC(N)=C4CSSC[C@H](CO)[C@@H]3O)cc2[C@H]2C[C@@H](O)[C@@H]3[C@@H](C#C[C@]45C[C@@H](c6ccccc6)[C@@H](Cc6ccccc6)[C@H](C=C[C@H]4[C@@H](NC[C@H](C)O)CC[C@@H]3O)[C@H]5CO)C=C12. The van der Waals surface area contributed by atoms with Crippen LogP contribution in [0.4, 0.5) is 0 Å². The average molecular weight is 1140 g/mol. The Labute approximate surface area is 486 Å². The summed E-state index contributed by atoms with van der Waals surface area (Å²) in [5.74, 6) is 7.88. The molecule has 4 aromatic rings. The number of hydrogen-bond donors (Lipinski definition) is 11. The zero-order chi connectivity index (χ0) is 56.4. The lowest BCUT2D eigenvalue weighted by atomic mass is 9.46. The van der Waals surface area contributed by atoms with Crippen molar-refractivity contribution in [1.82, 2.24) is 15.6 Å². The Morgan fingerprint density at radius 2 is 1.72 bits per heavy atom. The normalized spacial score (nSPS) is 35.2. The number of aromatic nitrogens is 1. The Bertz CT molecular complexity index is 2980. The highest BCUT2D eigenvalue weighted by atomic mass is 33.1. The number of phenolic OH excluding ortho intramolecular Hbond substituents is 1. The van der Waals surface area contributed by atoms with Crippen molar-refractivity contribution in [2.45, 2.75) is 120 Å². The first-order valence-corrected chi connectivity index (χ1v) is 32.4. The third-order valence-corrected chi connectivity index (χ3v) is 22.2. The molecule has 81 heavy (non-hydrogen) atoms. The van der Waals surface area contributed by atoms with E-state index in [-0.39, 0.29) is 78.1 Å². The van der Waals surface area contributed by atoms with E-state index in [1.807, 2.05) is 24.4 Å². The number of dihydropyridines is 1. The van der Waals surface area contributed by atoms with E-state index < -0.39 is 53.7 Å². The molecule has 0 unspecified atom stereocenters. The fraction of sp³-hybridized carbons (Fsp3) is 0.522. The number of aliphatic hydroxyl groups is 6. The lowest BCUT2D eigenvalue weighted by molar-refractivity contribution is -0.0408. The maximum Gasteiger partial charge on any atom is 0.161 e. The molecule has 3 heterocycles. The van der Waals surface area contributed by atoms with Crippen LogP contribution < -0.4 is 21.1 Å². The maximum absolute atomic E-state index is 12.9. The predicted molar refractivity (Wildman–Crippen MR) is 323 cm³/mol. The minimum absolute atomic E-state index is 0.0186. The number of rotatable bonds is 13. The molecular weight excluding hydrogens is 1050 g/mol. The number of allylic oxidation sites excluding steroid dienone is 4. The molecule has 0 amide bonds. The Balaban J connectivity index is 0.993. The van der Waals surface area contributed by atoms with Crippen LogP contribution in [0, 0.1) is 70.5 Å². The van der Waals surface area contributed by atoms with Crippen LogP contribution in [-0.2, 0) is 19.3 Å². The van der Waals surface area contributed by atoms with Crippen molar-refractivity contribution in [3.05, 3.63) is 166 Å². The van der Waals surface area contributed by atoms with Crippen molar-refractivity contribution in [3.63, 3.8) is 0 Å². The van der Waals surface area contributed by atoms with Gasteiger partial charge in [-0.1, -0.05) is 131 Å². The van der Waals surface area contributed by atoms with Gasteiger partial charge in [0.25, 0.3) is 0 Å². The third-order valence-electron chi connectivity index (χ3n) is 19.8. The highest BCUT2D eigenvalue weighted by Gasteiger charge is 2.58. The van der Waals surface area contributed by atoms with E-state index in [0.717, 1.165) is 46.4 Å². The number of phenols is 1. The second kappa shape index (κ2) is 25.5. The van der Waals surface area contributed by atoms with Crippen LogP contribution in [0.1, 0.15) is 92.2 Å². The van der Waals surface area contributed by atoms with Crippen LogP contribution in [0.15, 0.2) is 138 Å². The van der Waals surface area contributed by atoms with Gasteiger partial charge >= 0.3 is 0 Å². The highest BCUT2D eigenvalue weighted by Crippen LogP contribution is 2.62. The summed E-state index contributed by atoms with van der Waals surface area (Å²) in [6.07, 6.45) is 12.0. The number of nitrogens with one attached hydrogen (secondary N) is 3. The Kier molecular flexibility index (Phi) is 18.2. The molecule has 2 bridgehead atoms. The molecule has 12 N–H and O–H groups in total. The largest absolute Gasteiger partial charge is 0.504 e. The van der Waals surface area contributed by atoms with Crippen LogP contribution in [0.3, 0.4) is 0 Å². The number of aromatic amines is 1. The molecule has 5 aliphatic carbocycles. The van der Waals surface area contributed by atoms with Crippen LogP contribution in [-0.4, -0.2) is 115 Å². The van der Waals surface area contributed by atoms with Gasteiger partial charge in [-0.25, -0.2) is 0 Å². The van der Waals surface area contributed by atoms with E-state index in [1.165, 1.54) is 11.1 Å². The van der Waals surface area contributed by atoms with E-state index in [4.69, 9.17) is 10.5 Å². The van der Waals surface area contributed by atoms with Gasteiger partial charge in [-0.05, 0) is 146 Å². The highest BCUT2D eigenvalue weighted by molar-refractivity contribution is 8.76. The fourth-order valence-electron chi connectivity index (χ4n) is 15.7. The second-order valence-corrected chi connectivity index (χ2v) is 27.0. The zero-order valence-electron chi connectivity index (χ0n) is 46.8. The summed E-state index contributed by atoms with van der Waals surface area (Å²) in [4.78, 5) is 3.38. The van der Waals surface area contributed by atoms with Gasteiger partial charge in [0.15, 0.2) is 11.5 Å². The first kappa shape index (κ1) is 57.9. The quantitative estimate of drug-likeness (QED) is 0.0346. The van der Waals surface area contributed by atoms with Gasteiger partial charge in [0.1, 0.15) is 11.9 Å². The van der Waals surface area contributed by atoms with Crippen LogP contribution in [0.5, 0.6) is 11.5 Å². The summed E-state index contributed by atoms with van der Waals surface area (Å²) in [6, 6.07) is 29.1. The minimum Gasteiger partial charge on any atom is -0.504 e. The standard InChI is InChI=1S/C67H84N4O8S2/c1-3-41-26-44-29-60(76)62(79-63-30-45(27-47-15-10-23-69-47)48-21-24-70-66(68)55(48)38-81-80-37-46(35-72)65(63)78)32-51(44)53-31-61(77)64-43(28-50(41)53)20-22-67-33-54(42-13-8-5-9-14-42)52(25-40-11-6-4-7-12-40)49(57(67)36-73)16-17-56(67)58(18-19-59(64)75)71-34-39(2)74/h4-17,21,23,28-29,32,39,41,43,45-46,49,52-54,56-59,61,63-65,69-78H,3,18-19,24-27,30-31,33-38,68H2,1-2H3/t39-,41-,43-,45+,46-,49-,52-,53-,54-,56-,57+,58-,59-,61+,63-,64+,65-,67-/m0/s1. The van der Waals surface area contributed by atoms with Crippen molar-refractivity contribution in [2.75, 3.05) is 37.8 Å². The molecular formula is C67H84N4O8S2. The molecule has 1 saturated heterocycles. The topological polar surface area (TPSA) is 217 Å². The molecule has 0 radical (unpaired) electrons. The first-order chi connectivity index (χ1) is 39.4. The van der Waals surface area contributed by atoms with Crippen LogP contribution in [0.2, 0.25) is 0 Å². The molecule has 2 fully saturated rings. The van der Waals surface area contributed by atoms with E-state index in [0.29, 0.717) is 75.4 Å². The monoisotopic (exact) mass is 1140 g/mol. The Hall–Kier alpha value is -4.92. The number of nitrogens with two attached hydrogens (primary N) is 1. The maximum atomic E-state index is 12.9. The first-order valence-electron chi connectivity index (χ1n) is 29.9. The third kappa shape index (κ3) is 12.0. The molecule has 1 spiro atoms. The Morgan fingerprint density at radius 1 is 0.914 bits per heavy atom. The van der Waals surface area contributed by atoms with Gasteiger partial charge < -0.3 is 61.8 Å². The smallest absolute Gasteiger partial charge is 0.161 e. The lowest BCUT2D eigenvalue weighted by Gasteiger charge is -2.58. The van der Waals surface area contributed by atoms with Crippen LogP contribution in [0.25, 0.3) is 0 Å². The second-order valence-electron chi connectivity index (χ2n) is 24.5. The molecule has 1 saturated carbocycles. The number of benzene rings is 3. The molecule has 432 valence electrons. The molecule has 11 rings (SSSR count). The molecule has 3 aromatic carbocycles. The number of fused-ring (bicyclic) bond motifs is 6. The van der Waals surface area contributed by atoms with Crippen molar-refractivity contribution < 1.29 is 40.5 Å². The predicted octanol–water partition coefficient (Wildman–Crippen LogP) is 8.31. The number of H-pyrrole nitrogens is 1. The van der Waals surface area contributed by atoms with E-state index in [2.05, 4.69) is 125 Å².